The minimum Gasteiger partial charge on any atom is -0.380 e. The molecular weight excluding hydrogens is 221 g/mol. The second kappa shape index (κ2) is 4.45. The van der Waals surface area contributed by atoms with Gasteiger partial charge in [-0.3, -0.25) is 4.79 Å². The van der Waals surface area contributed by atoms with Crippen molar-refractivity contribution >= 4 is 5.91 Å². The first kappa shape index (κ1) is 12.0. The first-order valence-corrected chi connectivity index (χ1v) is 5.62. The van der Waals surface area contributed by atoms with Crippen LogP contribution in [0.1, 0.15) is 22.8 Å². The monoisotopic (exact) mass is 237 g/mol. The van der Waals surface area contributed by atoms with Gasteiger partial charge in [0.1, 0.15) is 5.82 Å². The summed E-state index contributed by atoms with van der Waals surface area (Å²) in [7, 11) is 0. The van der Waals surface area contributed by atoms with E-state index in [0.29, 0.717) is 25.3 Å². The Morgan fingerprint density at radius 3 is 2.82 bits per heavy atom. The molecule has 4 heteroatoms. The molecule has 1 amide bonds. The van der Waals surface area contributed by atoms with E-state index in [1.165, 1.54) is 12.1 Å². The summed E-state index contributed by atoms with van der Waals surface area (Å²) in [5, 5.41) is 2.82. The first-order chi connectivity index (χ1) is 8.00. The van der Waals surface area contributed by atoms with Crippen LogP contribution in [0.3, 0.4) is 0 Å². The molecule has 0 aromatic heterocycles. The van der Waals surface area contributed by atoms with Crippen molar-refractivity contribution in [1.82, 2.24) is 5.32 Å². The first-order valence-electron chi connectivity index (χ1n) is 5.62. The molecule has 1 aliphatic rings. The molecule has 1 heterocycles. The van der Waals surface area contributed by atoms with Crippen molar-refractivity contribution in [3.63, 3.8) is 0 Å². The molecule has 17 heavy (non-hydrogen) atoms. The zero-order valence-electron chi connectivity index (χ0n) is 10.0. The second-order valence-corrected chi connectivity index (χ2v) is 4.95. The summed E-state index contributed by atoms with van der Waals surface area (Å²) >= 11 is 0. The maximum Gasteiger partial charge on any atom is 0.251 e. The van der Waals surface area contributed by atoms with E-state index in [9.17, 15) is 9.18 Å². The molecule has 0 aliphatic carbocycles. The van der Waals surface area contributed by atoms with E-state index >= 15 is 0 Å². The van der Waals surface area contributed by atoms with Crippen molar-refractivity contribution < 1.29 is 13.9 Å². The fraction of sp³-hybridized carbons (Fsp3) is 0.462. The Labute approximate surface area is 100.0 Å². The van der Waals surface area contributed by atoms with E-state index in [1.807, 2.05) is 0 Å². The van der Waals surface area contributed by atoms with Gasteiger partial charge in [0, 0.05) is 17.5 Å². The van der Waals surface area contributed by atoms with Gasteiger partial charge < -0.3 is 10.1 Å². The maximum absolute atomic E-state index is 13.1. The summed E-state index contributed by atoms with van der Waals surface area (Å²) < 4.78 is 18.2. The number of carbonyl (C=O) groups is 1. The molecule has 0 saturated carbocycles. The molecular formula is C13H16FNO2. The van der Waals surface area contributed by atoms with Crippen molar-refractivity contribution in [3.8, 4) is 0 Å². The fourth-order valence-corrected chi connectivity index (χ4v) is 1.78. The highest BCUT2D eigenvalue weighted by Crippen LogP contribution is 2.25. The Morgan fingerprint density at radius 1 is 1.53 bits per heavy atom. The Kier molecular flexibility index (Phi) is 3.15. The van der Waals surface area contributed by atoms with Gasteiger partial charge >= 0.3 is 0 Å². The number of aryl methyl sites for hydroxylation is 1. The molecule has 1 aromatic carbocycles. The second-order valence-electron chi connectivity index (χ2n) is 4.95. The van der Waals surface area contributed by atoms with Crippen LogP contribution in [0, 0.1) is 18.2 Å². The average Bonchev–Trinajstić information content (AvgIpc) is 2.26. The lowest BCUT2D eigenvalue weighted by atomic mass is 9.88. The highest BCUT2D eigenvalue weighted by atomic mass is 19.1. The molecule has 92 valence electrons. The van der Waals surface area contributed by atoms with Crippen molar-refractivity contribution in [3.05, 3.63) is 35.1 Å². The van der Waals surface area contributed by atoms with Crippen LogP contribution >= 0.6 is 0 Å². The van der Waals surface area contributed by atoms with Crippen molar-refractivity contribution in [1.29, 1.82) is 0 Å². The van der Waals surface area contributed by atoms with Gasteiger partial charge in [0.15, 0.2) is 0 Å². The fourth-order valence-electron chi connectivity index (χ4n) is 1.78. The number of hydrogen-bond donors (Lipinski definition) is 1. The molecule has 1 saturated heterocycles. The highest BCUT2D eigenvalue weighted by Gasteiger charge is 2.33. The largest absolute Gasteiger partial charge is 0.380 e. The molecule has 0 radical (unpaired) electrons. The molecule has 0 unspecified atom stereocenters. The molecule has 1 aromatic rings. The van der Waals surface area contributed by atoms with Crippen molar-refractivity contribution in [2.24, 2.45) is 5.41 Å². The summed E-state index contributed by atoms with van der Waals surface area (Å²) in [6.45, 7) is 5.73. The lowest BCUT2D eigenvalue weighted by molar-refractivity contribution is -0.0978. The van der Waals surface area contributed by atoms with E-state index in [4.69, 9.17) is 4.74 Å². The number of benzene rings is 1. The van der Waals surface area contributed by atoms with Gasteiger partial charge in [0.25, 0.3) is 5.91 Å². The van der Waals surface area contributed by atoms with Crippen LogP contribution in [0.5, 0.6) is 0 Å². The minimum atomic E-state index is -0.390. The predicted molar refractivity (Wildman–Crippen MR) is 62.4 cm³/mol. The third kappa shape index (κ3) is 2.64. The summed E-state index contributed by atoms with van der Waals surface area (Å²) in [4.78, 5) is 11.9. The summed E-state index contributed by atoms with van der Waals surface area (Å²) in [5.74, 6) is -0.617. The summed E-state index contributed by atoms with van der Waals surface area (Å²) in [6, 6.07) is 4.23. The third-order valence-corrected chi connectivity index (χ3v) is 3.02. The van der Waals surface area contributed by atoms with Crippen LogP contribution in [-0.2, 0) is 4.74 Å². The normalized spacial score (nSPS) is 17.4. The topological polar surface area (TPSA) is 38.3 Å². The minimum absolute atomic E-state index is 0.0247. The molecule has 2 rings (SSSR count). The van der Waals surface area contributed by atoms with Gasteiger partial charge in [-0.05, 0) is 24.6 Å². The number of hydrogen-bond acceptors (Lipinski definition) is 2. The summed E-state index contributed by atoms with van der Waals surface area (Å²) in [5.41, 5.74) is 1.20. The zero-order valence-corrected chi connectivity index (χ0v) is 10.0. The van der Waals surface area contributed by atoms with E-state index < -0.39 is 0 Å². The molecule has 0 atom stereocenters. The molecule has 1 aliphatic heterocycles. The summed E-state index contributed by atoms with van der Waals surface area (Å²) in [6.07, 6.45) is 0. The smallest absolute Gasteiger partial charge is 0.251 e. The van der Waals surface area contributed by atoms with E-state index in [2.05, 4.69) is 12.2 Å². The van der Waals surface area contributed by atoms with Crippen LogP contribution in [-0.4, -0.2) is 25.7 Å². The number of nitrogens with one attached hydrogen (secondary N) is 1. The van der Waals surface area contributed by atoms with Crippen LogP contribution in [0.2, 0.25) is 0 Å². The predicted octanol–water partition coefficient (Wildman–Crippen LogP) is 1.90. The molecule has 3 nitrogen and oxygen atoms in total. The molecule has 1 fully saturated rings. The Morgan fingerprint density at radius 2 is 2.24 bits per heavy atom. The lowest BCUT2D eigenvalue weighted by Crippen LogP contribution is -2.48. The lowest BCUT2D eigenvalue weighted by Gasteiger charge is -2.38. The number of halogens is 1. The highest BCUT2D eigenvalue weighted by molar-refractivity contribution is 5.95. The van der Waals surface area contributed by atoms with Gasteiger partial charge in [-0.25, -0.2) is 4.39 Å². The van der Waals surface area contributed by atoms with Gasteiger partial charge in [0.2, 0.25) is 0 Å². The zero-order chi connectivity index (χ0) is 12.5. The van der Waals surface area contributed by atoms with E-state index in [1.54, 1.807) is 13.0 Å². The number of amides is 1. The SMILES string of the molecule is Cc1ccc(F)cc1C(=O)NCC1(C)COC1. The number of carbonyl (C=O) groups excluding carboxylic acids is 1. The van der Waals surface area contributed by atoms with E-state index in [0.717, 1.165) is 5.56 Å². The van der Waals surface area contributed by atoms with Gasteiger partial charge in [0.05, 0.1) is 13.2 Å². The van der Waals surface area contributed by atoms with Gasteiger partial charge in [-0.2, -0.15) is 0 Å². The molecule has 0 bridgehead atoms. The number of rotatable bonds is 3. The molecule has 0 spiro atoms. The standard InChI is InChI=1S/C13H16FNO2/c1-9-3-4-10(14)5-11(9)12(16)15-6-13(2)7-17-8-13/h3-5H,6-8H2,1-2H3,(H,15,16). The Hall–Kier alpha value is -1.42. The van der Waals surface area contributed by atoms with Gasteiger partial charge in [-0.15, -0.1) is 0 Å². The molecule has 1 N–H and O–H groups in total. The van der Waals surface area contributed by atoms with Crippen LogP contribution in [0.15, 0.2) is 18.2 Å². The third-order valence-electron chi connectivity index (χ3n) is 3.02. The number of ether oxygens (including phenoxy) is 1. The van der Waals surface area contributed by atoms with Crippen LogP contribution in [0.25, 0.3) is 0 Å². The Bertz CT molecular complexity index is 441. The maximum atomic E-state index is 13.1. The van der Waals surface area contributed by atoms with Crippen LogP contribution < -0.4 is 5.32 Å². The average molecular weight is 237 g/mol. The van der Waals surface area contributed by atoms with Gasteiger partial charge in [-0.1, -0.05) is 13.0 Å². The van der Waals surface area contributed by atoms with Crippen molar-refractivity contribution in [2.75, 3.05) is 19.8 Å². The van der Waals surface area contributed by atoms with Crippen LogP contribution in [0.4, 0.5) is 4.39 Å². The van der Waals surface area contributed by atoms with Crippen molar-refractivity contribution in [2.45, 2.75) is 13.8 Å². The Balaban J connectivity index is 2.01. The quantitative estimate of drug-likeness (QED) is 0.872. The van der Waals surface area contributed by atoms with E-state index in [-0.39, 0.29) is 17.1 Å².